The van der Waals surface area contributed by atoms with Crippen LogP contribution in [-0.2, 0) is 20.8 Å². The summed E-state index contributed by atoms with van der Waals surface area (Å²) < 4.78 is 10.6. The SMILES string of the molecule is COCCN(C)c1ccccc1CNC(=O)[C@H]1OCC[C@@H]1C. The molecule has 5 heteroatoms. The number of benzene rings is 1. The summed E-state index contributed by atoms with van der Waals surface area (Å²) in [5, 5.41) is 3.00. The first-order valence-corrected chi connectivity index (χ1v) is 7.80. The number of likely N-dealkylation sites (N-methyl/N-ethyl adjacent to an activating group) is 1. The molecule has 0 saturated carbocycles. The van der Waals surface area contributed by atoms with Crippen molar-refractivity contribution < 1.29 is 14.3 Å². The molecule has 1 saturated heterocycles. The molecule has 1 aliphatic heterocycles. The molecule has 0 bridgehead atoms. The molecule has 22 heavy (non-hydrogen) atoms. The Kier molecular flexibility index (Phi) is 6.21. The fraction of sp³-hybridized carbons (Fsp3) is 0.588. The van der Waals surface area contributed by atoms with Crippen LogP contribution in [0.4, 0.5) is 5.69 Å². The van der Waals surface area contributed by atoms with E-state index in [-0.39, 0.29) is 12.0 Å². The van der Waals surface area contributed by atoms with Crippen LogP contribution in [0.25, 0.3) is 0 Å². The van der Waals surface area contributed by atoms with Gasteiger partial charge in [0.15, 0.2) is 0 Å². The van der Waals surface area contributed by atoms with E-state index in [4.69, 9.17) is 9.47 Å². The Hall–Kier alpha value is -1.59. The van der Waals surface area contributed by atoms with Crippen molar-refractivity contribution in [3.8, 4) is 0 Å². The Morgan fingerprint density at radius 1 is 1.45 bits per heavy atom. The second-order valence-electron chi connectivity index (χ2n) is 5.82. The van der Waals surface area contributed by atoms with E-state index in [1.54, 1.807) is 7.11 Å². The summed E-state index contributed by atoms with van der Waals surface area (Å²) in [7, 11) is 3.73. The molecule has 5 nitrogen and oxygen atoms in total. The molecule has 2 atom stereocenters. The summed E-state index contributed by atoms with van der Waals surface area (Å²) >= 11 is 0. The first-order valence-electron chi connectivity index (χ1n) is 7.80. The van der Waals surface area contributed by atoms with Crippen LogP contribution in [0.3, 0.4) is 0 Å². The third-order valence-corrected chi connectivity index (χ3v) is 4.13. The number of nitrogens with zero attached hydrogens (tertiary/aromatic N) is 1. The average molecular weight is 306 g/mol. The number of nitrogens with one attached hydrogen (secondary N) is 1. The van der Waals surface area contributed by atoms with Crippen LogP contribution >= 0.6 is 0 Å². The van der Waals surface area contributed by atoms with E-state index in [1.807, 2.05) is 25.2 Å². The van der Waals surface area contributed by atoms with Gasteiger partial charge >= 0.3 is 0 Å². The number of hydrogen-bond donors (Lipinski definition) is 1. The van der Waals surface area contributed by atoms with Gasteiger partial charge in [-0.05, 0) is 24.0 Å². The van der Waals surface area contributed by atoms with Crippen molar-refractivity contribution >= 4 is 11.6 Å². The lowest BCUT2D eigenvalue weighted by Gasteiger charge is -2.23. The summed E-state index contributed by atoms with van der Waals surface area (Å²) in [6, 6.07) is 8.10. The predicted octanol–water partition coefficient (Wildman–Crippen LogP) is 1.81. The molecule has 1 heterocycles. The van der Waals surface area contributed by atoms with Crippen LogP contribution in [0.2, 0.25) is 0 Å². The number of ether oxygens (including phenoxy) is 2. The average Bonchev–Trinajstić information content (AvgIpc) is 2.96. The minimum absolute atomic E-state index is 0.0145. The summed E-state index contributed by atoms with van der Waals surface area (Å²) in [6.45, 7) is 4.73. The van der Waals surface area contributed by atoms with Gasteiger partial charge < -0.3 is 19.7 Å². The lowest BCUT2D eigenvalue weighted by atomic mass is 10.0. The van der Waals surface area contributed by atoms with Crippen LogP contribution < -0.4 is 10.2 Å². The highest BCUT2D eigenvalue weighted by atomic mass is 16.5. The predicted molar refractivity (Wildman–Crippen MR) is 87.0 cm³/mol. The third-order valence-electron chi connectivity index (χ3n) is 4.13. The van der Waals surface area contributed by atoms with E-state index in [0.717, 1.165) is 24.2 Å². The van der Waals surface area contributed by atoms with Gasteiger partial charge in [0.2, 0.25) is 5.91 Å². The number of rotatable bonds is 7. The highest BCUT2D eigenvalue weighted by Crippen LogP contribution is 2.21. The lowest BCUT2D eigenvalue weighted by molar-refractivity contribution is -0.131. The minimum atomic E-state index is -0.307. The zero-order valence-electron chi connectivity index (χ0n) is 13.7. The van der Waals surface area contributed by atoms with Gasteiger partial charge in [-0.2, -0.15) is 0 Å². The summed E-state index contributed by atoms with van der Waals surface area (Å²) in [6.07, 6.45) is 0.646. The lowest BCUT2D eigenvalue weighted by Crippen LogP contribution is -2.37. The minimum Gasteiger partial charge on any atom is -0.383 e. The number of carbonyl (C=O) groups excluding carboxylic acids is 1. The number of anilines is 1. The molecule has 1 aliphatic rings. The van der Waals surface area contributed by atoms with Crippen LogP contribution in [0.5, 0.6) is 0 Å². The van der Waals surface area contributed by atoms with Gasteiger partial charge in [-0.1, -0.05) is 25.1 Å². The summed E-state index contributed by atoms with van der Waals surface area (Å²) in [4.78, 5) is 14.4. The molecule has 0 unspecified atom stereocenters. The molecule has 1 aromatic carbocycles. The van der Waals surface area contributed by atoms with Gasteiger partial charge in [-0.15, -0.1) is 0 Å². The Bertz CT molecular complexity index is 493. The van der Waals surface area contributed by atoms with E-state index in [1.165, 1.54) is 0 Å². The van der Waals surface area contributed by atoms with E-state index < -0.39 is 0 Å². The zero-order valence-corrected chi connectivity index (χ0v) is 13.7. The summed E-state index contributed by atoms with van der Waals surface area (Å²) in [5.41, 5.74) is 2.21. The standard InChI is InChI=1S/C17H26N2O3/c1-13-8-10-22-16(13)17(20)18-12-14-6-4-5-7-15(14)19(2)9-11-21-3/h4-7,13,16H,8-12H2,1-3H3,(H,18,20)/t13-,16-/m0/s1. The van der Waals surface area contributed by atoms with Crippen molar-refractivity contribution in [3.63, 3.8) is 0 Å². The van der Waals surface area contributed by atoms with Gasteiger partial charge in [-0.25, -0.2) is 0 Å². The van der Waals surface area contributed by atoms with Crippen molar-refractivity contribution in [2.45, 2.75) is 26.0 Å². The van der Waals surface area contributed by atoms with Crippen molar-refractivity contribution in [2.75, 3.05) is 38.8 Å². The fourth-order valence-electron chi connectivity index (χ4n) is 2.69. The van der Waals surface area contributed by atoms with E-state index in [0.29, 0.717) is 25.7 Å². The molecule has 0 aromatic heterocycles. The van der Waals surface area contributed by atoms with Gasteiger partial charge in [-0.3, -0.25) is 4.79 Å². The first kappa shape index (κ1) is 16.8. The number of carbonyl (C=O) groups is 1. The number of methoxy groups -OCH3 is 1. The highest BCUT2D eigenvalue weighted by Gasteiger charge is 2.30. The van der Waals surface area contributed by atoms with Crippen molar-refractivity contribution in [2.24, 2.45) is 5.92 Å². The number of hydrogen-bond acceptors (Lipinski definition) is 4. The zero-order chi connectivity index (χ0) is 15.9. The number of para-hydroxylation sites is 1. The molecule has 1 amide bonds. The van der Waals surface area contributed by atoms with Gasteiger partial charge in [0.1, 0.15) is 6.10 Å². The number of amides is 1. The largest absolute Gasteiger partial charge is 0.383 e. The third kappa shape index (κ3) is 4.21. The van der Waals surface area contributed by atoms with Crippen LogP contribution in [0, 0.1) is 5.92 Å². The molecule has 0 aliphatic carbocycles. The Labute approximate surface area is 132 Å². The Balaban J connectivity index is 1.96. The molecule has 1 N–H and O–H groups in total. The fourth-order valence-corrected chi connectivity index (χ4v) is 2.69. The normalized spacial score (nSPS) is 20.9. The maximum Gasteiger partial charge on any atom is 0.249 e. The maximum atomic E-state index is 12.2. The van der Waals surface area contributed by atoms with E-state index >= 15 is 0 Å². The van der Waals surface area contributed by atoms with E-state index in [9.17, 15) is 4.79 Å². The summed E-state index contributed by atoms with van der Waals surface area (Å²) in [5.74, 6) is 0.277. The second kappa shape index (κ2) is 8.15. The van der Waals surface area contributed by atoms with Gasteiger partial charge in [0.05, 0.1) is 6.61 Å². The Morgan fingerprint density at radius 3 is 2.91 bits per heavy atom. The first-order chi connectivity index (χ1) is 10.6. The van der Waals surface area contributed by atoms with E-state index in [2.05, 4.69) is 23.2 Å². The van der Waals surface area contributed by atoms with Crippen molar-refractivity contribution in [1.82, 2.24) is 5.32 Å². The molecule has 1 fully saturated rings. The van der Waals surface area contributed by atoms with Gasteiger partial charge in [0, 0.05) is 39.5 Å². The van der Waals surface area contributed by atoms with Crippen LogP contribution in [0.15, 0.2) is 24.3 Å². The maximum absolute atomic E-state index is 12.2. The van der Waals surface area contributed by atoms with Gasteiger partial charge in [0.25, 0.3) is 0 Å². The van der Waals surface area contributed by atoms with Crippen LogP contribution in [-0.4, -0.2) is 45.9 Å². The molecule has 122 valence electrons. The highest BCUT2D eigenvalue weighted by molar-refractivity contribution is 5.81. The van der Waals surface area contributed by atoms with Crippen molar-refractivity contribution in [1.29, 1.82) is 0 Å². The topological polar surface area (TPSA) is 50.8 Å². The molecule has 2 rings (SSSR count). The van der Waals surface area contributed by atoms with Crippen molar-refractivity contribution in [3.05, 3.63) is 29.8 Å². The quantitative estimate of drug-likeness (QED) is 0.835. The van der Waals surface area contributed by atoms with Crippen LogP contribution in [0.1, 0.15) is 18.9 Å². The molecular weight excluding hydrogens is 280 g/mol. The Morgan fingerprint density at radius 2 is 2.23 bits per heavy atom. The molecule has 1 aromatic rings. The molecule has 0 radical (unpaired) electrons. The molecular formula is C17H26N2O3. The monoisotopic (exact) mass is 306 g/mol. The molecule has 0 spiro atoms. The second-order valence-corrected chi connectivity index (χ2v) is 5.82. The smallest absolute Gasteiger partial charge is 0.249 e.